The molecule has 0 spiro atoms. The van der Waals surface area contributed by atoms with E-state index < -0.39 is 9.84 Å². The molecule has 0 atom stereocenters. The molecule has 0 saturated heterocycles. The van der Waals surface area contributed by atoms with Crippen LogP contribution in [0.5, 0.6) is 0 Å². The second-order valence-corrected chi connectivity index (χ2v) is 8.02. The Bertz CT molecular complexity index is 414. The van der Waals surface area contributed by atoms with E-state index in [9.17, 15) is 8.42 Å². The van der Waals surface area contributed by atoms with Gasteiger partial charge in [0, 0.05) is 12.0 Å². The molecule has 4 nitrogen and oxygen atoms in total. The van der Waals surface area contributed by atoms with Crippen LogP contribution in [-0.2, 0) is 9.84 Å². The number of hydrogen-bond donors (Lipinski definition) is 0. The standard InChI is InChI=1S/C9H16N2O2S3/c1-3-4-5-6-7-14-8-10-11-9(15-8)16(2,12)13/h3-7H2,1-2H3. The molecule has 1 rings (SSSR count). The molecule has 92 valence electrons. The van der Waals surface area contributed by atoms with Crippen molar-refractivity contribution in [3.05, 3.63) is 0 Å². The zero-order valence-electron chi connectivity index (χ0n) is 9.47. The Kier molecular flexibility index (Phi) is 5.71. The lowest BCUT2D eigenvalue weighted by Gasteiger charge is -1.96. The maximum Gasteiger partial charge on any atom is 0.233 e. The third-order valence-electron chi connectivity index (χ3n) is 1.93. The molecule has 0 aliphatic heterocycles. The van der Waals surface area contributed by atoms with Gasteiger partial charge in [0.1, 0.15) is 0 Å². The van der Waals surface area contributed by atoms with E-state index in [4.69, 9.17) is 0 Å². The highest BCUT2D eigenvalue weighted by atomic mass is 32.2. The fourth-order valence-corrected chi connectivity index (χ4v) is 3.94. The van der Waals surface area contributed by atoms with Crippen LogP contribution in [0.4, 0.5) is 0 Å². The summed E-state index contributed by atoms with van der Waals surface area (Å²) in [6, 6.07) is 0. The van der Waals surface area contributed by atoms with Crippen molar-refractivity contribution in [1.82, 2.24) is 10.2 Å². The molecule has 0 radical (unpaired) electrons. The van der Waals surface area contributed by atoms with Crippen LogP contribution in [0.2, 0.25) is 0 Å². The van der Waals surface area contributed by atoms with Gasteiger partial charge >= 0.3 is 0 Å². The lowest BCUT2D eigenvalue weighted by atomic mass is 10.2. The summed E-state index contributed by atoms with van der Waals surface area (Å²) in [6.45, 7) is 2.18. The fraction of sp³-hybridized carbons (Fsp3) is 0.778. The Morgan fingerprint density at radius 1 is 1.25 bits per heavy atom. The van der Waals surface area contributed by atoms with E-state index in [-0.39, 0.29) is 4.34 Å². The van der Waals surface area contributed by atoms with Crippen molar-refractivity contribution in [2.45, 2.75) is 41.3 Å². The van der Waals surface area contributed by atoms with E-state index in [0.717, 1.165) is 34.1 Å². The number of nitrogens with zero attached hydrogens (tertiary/aromatic N) is 2. The van der Waals surface area contributed by atoms with Crippen molar-refractivity contribution in [1.29, 1.82) is 0 Å². The average Bonchev–Trinajstić information content (AvgIpc) is 2.65. The van der Waals surface area contributed by atoms with Gasteiger partial charge in [0.05, 0.1) is 0 Å². The van der Waals surface area contributed by atoms with Gasteiger partial charge in [-0.15, -0.1) is 10.2 Å². The number of thioether (sulfide) groups is 1. The molecular formula is C9H16N2O2S3. The minimum absolute atomic E-state index is 0.114. The average molecular weight is 280 g/mol. The Morgan fingerprint density at radius 3 is 2.56 bits per heavy atom. The van der Waals surface area contributed by atoms with Crippen LogP contribution in [0.15, 0.2) is 8.68 Å². The van der Waals surface area contributed by atoms with Crippen LogP contribution >= 0.6 is 23.1 Å². The lowest BCUT2D eigenvalue weighted by Crippen LogP contribution is -1.95. The van der Waals surface area contributed by atoms with Gasteiger partial charge < -0.3 is 0 Å². The first-order valence-corrected chi connectivity index (χ1v) is 8.89. The highest BCUT2D eigenvalue weighted by Gasteiger charge is 2.14. The molecule has 0 aliphatic rings. The summed E-state index contributed by atoms with van der Waals surface area (Å²) >= 11 is 2.74. The second-order valence-electron chi connectivity index (χ2n) is 3.52. The zero-order chi connectivity index (χ0) is 12.0. The van der Waals surface area contributed by atoms with E-state index >= 15 is 0 Å². The van der Waals surface area contributed by atoms with Crippen molar-refractivity contribution in [3.8, 4) is 0 Å². The number of unbranched alkanes of at least 4 members (excludes halogenated alkanes) is 3. The van der Waals surface area contributed by atoms with Crippen LogP contribution in [0.25, 0.3) is 0 Å². The summed E-state index contributed by atoms with van der Waals surface area (Å²) in [7, 11) is -3.19. The molecule has 1 aromatic rings. The fourth-order valence-electron chi connectivity index (χ4n) is 1.09. The number of hydrogen-bond acceptors (Lipinski definition) is 6. The van der Waals surface area contributed by atoms with Crippen LogP contribution in [0.1, 0.15) is 32.6 Å². The quantitative estimate of drug-likeness (QED) is 0.567. The van der Waals surface area contributed by atoms with Crippen molar-refractivity contribution in [2.24, 2.45) is 0 Å². The van der Waals surface area contributed by atoms with Crippen molar-refractivity contribution in [2.75, 3.05) is 12.0 Å². The Morgan fingerprint density at radius 2 is 2.00 bits per heavy atom. The summed E-state index contributed by atoms with van der Waals surface area (Å²) in [6.07, 6.45) is 6.00. The van der Waals surface area contributed by atoms with Gasteiger partial charge in [-0.25, -0.2) is 8.42 Å². The van der Waals surface area contributed by atoms with Gasteiger partial charge in [0.25, 0.3) is 0 Å². The Labute approximate surface area is 105 Å². The van der Waals surface area contributed by atoms with Gasteiger partial charge in [0.2, 0.25) is 14.2 Å². The first-order chi connectivity index (χ1) is 7.54. The SMILES string of the molecule is CCCCCCSc1nnc(S(C)(=O)=O)s1. The highest BCUT2D eigenvalue weighted by Crippen LogP contribution is 2.25. The van der Waals surface area contributed by atoms with E-state index in [1.807, 2.05) is 0 Å². The predicted octanol–water partition coefficient (Wildman–Crippen LogP) is 2.61. The van der Waals surface area contributed by atoms with Gasteiger partial charge in [-0.2, -0.15) is 0 Å². The van der Waals surface area contributed by atoms with Crippen LogP contribution in [-0.4, -0.2) is 30.6 Å². The molecule has 0 amide bonds. The van der Waals surface area contributed by atoms with Crippen LogP contribution in [0, 0.1) is 0 Å². The molecule has 0 unspecified atom stereocenters. The topological polar surface area (TPSA) is 59.9 Å². The van der Waals surface area contributed by atoms with Gasteiger partial charge in [-0.1, -0.05) is 49.3 Å². The lowest BCUT2D eigenvalue weighted by molar-refractivity contribution is 0.599. The Hall–Kier alpha value is -0.140. The maximum atomic E-state index is 11.2. The molecular weight excluding hydrogens is 264 g/mol. The summed E-state index contributed by atoms with van der Waals surface area (Å²) in [5.74, 6) is 0.985. The first kappa shape index (κ1) is 13.9. The molecule has 16 heavy (non-hydrogen) atoms. The van der Waals surface area contributed by atoms with Crippen molar-refractivity contribution in [3.63, 3.8) is 0 Å². The summed E-state index contributed by atoms with van der Waals surface area (Å²) in [5, 5.41) is 7.52. The smallest absolute Gasteiger partial charge is 0.221 e. The predicted molar refractivity (Wildman–Crippen MR) is 67.9 cm³/mol. The van der Waals surface area contributed by atoms with Gasteiger partial charge in [-0.3, -0.25) is 0 Å². The molecule has 0 aromatic carbocycles. The summed E-state index contributed by atoms with van der Waals surface area (Å²) in [5.41, 5.74) is 0. The molecule has 0 aliphatic carbocycles. The molecule has 1 aromatic heterocycles. The first-order valence-electron chi connectivity index (χ1n) is 5.20. The third kappa shape index (κ3) is 4.80. The van der Waals surface area contributed by atoms with Gasteiger partial charge in [-0.05, 0) is 6.42 Å². The van der Waals surface area contributed by atoms with Crippen LogP contribution in [0.3, 0.4) is 0 Å². The largest absolute Gasteiger partial charge is 0.233 e. The monoisotopic (exact) mass is 280 g/mol. The second kappa shape index (κ2) is 6.56. The molecule has 7 heteroatoms. The van der Waals surface area contributed by atoms with Gasteiger partial charge in [0.15, 0.2) is 4.34 Å². The highest BCUT2D eigenvalue weighted by molar-refractivity contribution is 8.01. The number of sulfone groups is 1. The van der Waals surface area contributed by atoms with Crippen molar-refractivity contribution >= 4 is 32.9 Å². The summed E-state index contributed by atoms with van der Waals surface area (Å²) in [4.78, 5) is 0. The van der Waals surface area contributed by atoms with E-state index in [2.05, 4.69) is 17.1 Å². The van der Waals surface area contributed by atoms with Crippen LogP contribution < -0.4 is 0 Å². The molecule has 0 saturated carbocycles. The van der Waals surface area contributed by atoms with Crippen molar-refractivity contribution < 1.29 is 8.42 Å². The van der Waals surface area contributed by atoms with E-state index in [0.29, 0.717) is 0 Å². The molecule has 1 heterocycles. The molecule has 0 bridgehead atoms. The summed E-state index contributed by atoms with van der Waals surface area (Å²) < 4.78 is 23.2. The molecule has 0 fully saturated rings. The minimum atomic E-state index is -3.19. The maximum absolute atomic E-state index is 11.2. The van der Waals surface area contributed by atoms with E-state index in [1.54, 1.807) is 11.8 Å². The number of aromatic nitrogens is 2. The normalized spacial score (nSPS) is 11.9. The minimum Gasteiger partial charge on any atom is -0.221 e. The Balaban J connectivity index is 2.36. The van der Waals surface area contributed by atoms with E-state index in [1.165, 1.54) is 19.3 Å². The molecule has 0 N–H and O–H groups in total. The third-order valence-corrected chi connectivity index (χ3v) is 5.74. The zero-order valence-corrected chi connectivity index (χ0v) is 11.9. The number of rotatable bonds is 7.